The Morgan fingerprint density at radius 3 is 2.66 bits per heavy atom. The minimum absolute atomic E-state index is 0.0714. The first-order valence-electron chi connectivity index (χ1n) is 10.4. The molecule has 1 aliphatic carbocycles. The molecule has 0 radical (unpaired) electrons. The highest BCUT2D eigenvalue weighted by Crippen LogP contribution is 2.40. The fourth-order valence-corrected chi connectivity index (χ4v) is 4.88. The molecule has 2 aromatic heterocycles. The molecular formula is C23H28N4OS. The summed E-state index contributed by atoms with van der Waals surface area (Å²) in [6.07, 6.45) is 2.35. The molecular weight excluding hydrogens is 380 g/mol. The molecule has 0 atom stereocenters. The average molecular weight is 409 g/mol. The summed E-state index contributed by atoms with van der Waals surface area (Å²) in [6.45, 7) is 11.3. The highest BCUT2D eigenvalue weighted by atomic mass is 32.1. The number of hydrogen-bond donors (Lipinski definition) is 1. The lowest BCUT2D eigenvalue weighted by Crippen LogP contribution is -2.22. The summed E-state index contributed by atoms with van der Waals surface area (Å²) in [5, 5.41) is 4.11. The maximum absolute atomic E-state index is 13.0. The fourth-order valence-electron chi connectivity index (χ4n) is 3.74. The first-order chi connectivity index (χ1) is 14.0. The Labute approximate surface area is 176 Å². The van der Waals surface area contributed by atoms with Crippen molar-refractivity contribution in [2.24, 2.45) is 0 Å². The number of nitrogens with zero attached hydrogens (tertiary/aromatic N) is 3. The highest BCUT2D eigenvalue weighted by molar-refractivity contribution is 7.20. The number of hydrogen-bond acceptors (Lipinski definition) is 5. The summed E-state index contributed by atoms with van der Waals surface area (Å²) in [5.41, 5.74) is 3.99. The number of nitrogens with one attached hydrogen (secondary N) is 1. The molecule has 3 aromatic rings. The van der Waals surface area contributed by atoms with Gasteiger partial charge in [0, 0.05) is 23.5 Å². The van der Waals surface area contributed by atoms with Gasteiger partial charge in [0.25, 0.3) is 5.91 Å². The zero-order valence-corrected chi connectivity index (χ0v) is 18.4. The van der Waals surface area contributed by atoms with Gasteiger partial charge in [0.1, 0.15) is 10.7 Å². The van der Waals surface area contributed by atoms with Crippen molar-refractivity contribution in [3.63, 3.8) is 0 Å². The van der Waals surface area contributed by atoms with Crippen molar-refractivity contribution in [1.82, 2.24) is 14.9 Å². The van der Waals surface area contributed by atoms with Crippen LogP contribution in [0.3, 0.4) is 0 Å². The summed E-state index contributed by atoms with van der Waals surface area (Å²) < 4.78 is 0. The summed E-state index contributed by atoms with van der Waals surface area (Å²) in [7, 11) is 0. The van der Waals surface area contributed by atoms with Gasteiger partial charge in [0.2, 0.25) is 0 Å². The van der Waals surface area contributed by atoms with E-state index in [-0.39, 0.29) is 5.91 Å². The van der Waals surface area contributed by atoms with E-state index in [1.54, 1.807) is 0 Å². The van der Waals surface area contributed by atoms with Crippen molar-refractivity contribution < 1.29 is 4.79 Å². The first-order valence-corrected chi connectivity index (χ1v) is 11.2. The lowest BCUT2D eigenvalue weighted by Gasteiger charge is -2.18. The van der Waals surface area contributed by atoms with Crippen LogP contribution in [0.4, 0.5) is 5.69 Å². The second-order valence-corrected chi connectivity index (χ2v) is 8.79. The van der Waals surface area contributed by atoms with Crippen molar-refractivity contribution in [2.75, 3.05) is 18.4 Å². The van der Waals surface area contributed by atoms with E-state index in [0.29, 0.717) is 5.92 Å². The SMILES string of the molecule is CCN(CC)Cc1cccc(NC(=O)c2sc3nc(C4CC4)nc(C)c3c2C)c1. The largest absolute Gasteiger partial charge is 0.321 e. The number of aryl methyl sites for hydroxylation is 2. The van der Waals surface area contributed by atoms with Gasteiger partial charge in [-0.2, -0.15) is 0 Å². The van der Waals surface area contributed by atoms with E-state index in [2.05, 4.69) is 36.2 Å². The van der Waals surface area contributed by atoms with Crippen LogP contribution in [0.1, 0.15) is 64.9 Å². The van der Waals surface area contributed by atoms with Gasteiger partial charge in [-0.1, -0.05) is 26.0 Å². The Kier molecular flexibility index (Phi) is 5.65. The molecule has 0 spiro atoms. The van der Waals surface area contributed by atoms with Gasteiger partial charge in [-0.3, -0.25) is 9.69 Å². The van der Waals surface area contributed by atoms with Crippen LogP contribution >= 0.6 is 11.3 Å². The number of carbonyl (C=O) groups excluding carboxylic acids is 1. The third kappa shape index (κ3) is 4.19. The minimum Gasteiger partial charge on any atom is -0.321 e. The van der Waals surface area contributed by atoms with Gasteiger partial charge >= 0.3 is 0 Å². The highest BCUT2D eigenvalue weighted by Gasteiger charge is 2.28. The van der Waals surface area contributed by atoms with Crippen LogP contribution in [-0.2, 0) is 6.54 Å². The zero-order valence-electron chi connectivity index (χ0n) is 17.6. The Bertz CT molecular complexity index is 1050. The van der Waals surface area contributed by atoms with E-state index in [0.717, 1.165) is 57.5 Å². The third-order valence-electron chi connectivity index (χ3n) is 5.62. The normalized spacial score (nSPS) is 14.0. The van der Waals surface area contributed by atoms with Crippen molar-refractivity contribution >= 4 is 33.1 Å². The Morgan fingerprint density at radius 1 is 1.21 bits per heavy atom. The van der Waals surface area contributed by atoms with Crippen LogP contribution in [0, 0.1) is 13.8 Å². The quantitative estimate of drug-likeness (QED) is 0.578. The first kappa shape index (κ1) is 20.0. The van der Waals surface area contributed by atoms with E-state index < -0.39 is 0 Å². The number of rotatable bonds is 7. The Morgan fingerprint density at radius 2 is 1.97 bits per heavy atom. The number of benzene rings is 1. The van der Waals surface area contributed by atoms with Crippen molar-refractivity contribution in [2.45, 2.75) is 53.0 Å². The third-order valence-corrected chi connectivity index (χ3v) is 6.81. The Balaban J connectivity index is 1.58. The molecule has 1 N–H and O–H groups in total. The van der Waals surface area contributed by atoms with E-state index in [9.17, 15) is 4.79 Å². The number of aromatic nitrogens is 2. The van der Waals surface area contributed by atoms with Gasteiger partial charge in [0.05, 0.1) is 10.6 Å². The number of fused-ring (bicyclic) bond motifs is 1. The van der Waals surface area contributed by atoms with Gasteiger partial charge in [-0.15, -0.1) is 11.3 Å². The molecule has 0 aliphatic heterocycles. The second kappa shape index (κ2) is 8.20. The van der Waals surface area contributed by atoms with Crippen molar-refractivity contribution in [3.05, 3.63) is 51.8 Å². The van der Waals surface area contributed by atoms with Gasteiger partial charge < -0.3 is 5.32 Å². The molecule has 1 saturated carbocycles. The molecule has 0 unspecified atom stereocenters. The number of anilines is 1. The van der Waals surface area contributed by atoms with Gasteiger partial charge in [0.15, 0.2) is 0 Å². The monoisotopic (exact) mass is 408 g/mol. The molecule has 29 heavy (non-hydrogen) atoms. The van der Waals surface area contributed by atoms with Gasteiger partial charge in [-0.25, -0.2) is 9.97 Å². The maximum atomic E-state index is 13.0. The van der Waals surface area contributed by atoms with Crippen LogP contribution in [0.25, 0.3) is 10.2 Å². The molecule has 1 aromatic carbocycles. The zero-order chi connectivity index (χ0) is 20.5. The summed E-state index contributed by atoms with van der Waals surface area (Å²) in [6, 6.07) is 8.12. The number of amides is 1. The Hall–Kier alpha value is -2.31. The molecule has 0 bridgehead atoms. The molecule has 4 rings (SSSR count). The minimum atomic E-state index is -0.0714. The topological polar surface area (TPSA) is 58.1 Å². The molecule has 5 nitrogen and oxygen atoms in total. The van der Waals surface area contributed by atoms with E-state index in [4.69, 9.17) is 9.97 Å². The molecule has 152 valence electrons. The fraction of sp³-hybridized carbons (Fsp3) is 0.435. The molecule has 2 heterocycles. The van der Waals surface area contributed by atoms with E-state index in [1.807, 2.05) is 26.0 Å². The smallest absolute Gasteiger partial charge is 0.266 e. The second-order valence-electron chi connectivity index (χ2n) is 7.79. The lowest BCUT2D eigenvalue weighted by atomic mass is 10.1. The van der Waals surface area contributed by atoms with Crippen LogP contribution in [0.5, 0.6) is 0 Å². The van der Waals surface area contributed by atoms with Gasteiger partial charge in [-0.05, 0) is 63.0 Å². The van der Waals surface area contributed by atoms with Crippen LogP contribution in [0.15, 0.2) is 24.3 Å². The molecule has 6 heteroatoms. The average Bonchev–Trinajstić information content (AvgIpc) is 3.50. The maximum Gasteiger partial charge on any atom is 0.266 e. The van der Waals surface area contributed by atoms with Crippen LogP contribution in [0.2, 0.25) is 0 Å². The number of carbonyl (C=O) groups is 1. The molecule has 1 aliphatic rings. The van der Waals surface area contributed by atoms with E-state index >= 15 is 0 Å². The molecule has 0 saturated heterocycles. The summed E-state index contributed by atoms with van der Waals surface area (Å²) >= 11 is 1.48. The standard InChI is InChI=1S/C23H28N4OS/c1-5-27(6-2)13-16-8-7-9-18(12-16)25-22(28)20-14(3)19-15(4)24-21(17-10-11-17)26-23(19)29-20/h7-9,12,17H,5-6,10-11,13H2,1-4H3,(H,25,28). The predicted molar refractivity (Wildman–Crippen MR) is 120 cm³/mol. The summed E-state index contributed by atoms with van der Waals surface area (Å²) in [4.78, 5) is 26.5. The predicted octanol–water partition coefficient (Wildman–Crippen LogP) is 5.28. The summed E-state index contributed by atoms with van der Waals surface area (Å²) in [5.74, 6) is 1.37. The van der Waals surface area contributed by atoms with Crippen molar-refractivity contribution in [3.8, 4) is 0 Å². The van der Waals surface area contributed by atoms with E-state index in [1.165, 1.54) is 29.7 Å². The number of thiophene rings is 1. The van der Waals surface area contributed by atoms with Crippen LogP contribution in [-0.4, -0.2) is 33.9 Å². The molecule has 1 amide bonds. The van der Waals surface area contributed by atoms with Crippen molar-refractivity contribution in [1.29, 1.82) is 0 Å². The lowest BCUT2D eigenvalue weighted by molar-refractivity contribution is 0.103. The van der Waals surface area contributed by atoms with Crippen LogP contribution < -0.4 is 5.32 Å². The molecule has 1 fully saturated rings.